The van der Waals surface area contributed by atoms with Gasteiger partial charge >= 0.3 is 0 Å². The van der Waals surface area contributed by atoms with Gasteiger partial charge in [-0.05, 0) is 55.1 Å². The molecule has 0 saturated carbocycles. The number of carbonyl (C=O) groups excluding carboxylic acids is 1. The maximum absolute atomic E-state index is 13.3. The number of hydrogen-bond donors (Lipinski definition) is 3. The highest BCUT2D eigenvalue weighted by Gasteiger charge is 2.23. The second-order valence-electron chi connectivity index (χ2n) is 8.14. The number of halogens is 2. The number of amides is 1. The molecule has 0 aliphatic carbocycles. The minimum Gasteiger partial charge on any atom is -0.505 e. The van der Waals surface area contributed by atoms with Crippen molar-refractivity contribution in [2.24, 2.45) is 10.2 Å². The number of phenols is 1. The summed E-state index contributed by atoms with van der Waals surface area (Å²) >= 11 is 12.1. The molecule has 3 N–H and O–H groups in total. The van der Waals surface area contributed by atoms with Crippen molar-refractivity contribution in [2.75, 3.05) is 11.9 Å². The Bertz CT molecular complexity index is 1710. The number of aryl methyl sites for hydroxylation is 1. The van der Waals surface area contributed by atoms with Crippen LogP contribution in [0.5, 0.6) is 11.5 Å². The molecule has 38 heavy (non-hydrogen) atoms. The molecule has 4 aromatic rings. The molecule has 0 bridgehead atoms. The van der Waals surface area contributed by atoms with Gasteiger partial charge in [0, 0.05) is 16.5 Å². The van der Waals surface area contributed by atoms with Crippen LogP contribution in [0.3, 0.4) is 0 Å². The third kappa shape index (κ3) is 5.73. The Hall–Kier alpha value is -3.70. The molecule has 0 saturated heterocycles. The van der Waals surface area contributed by atoms with Crippen LogP contribution in [0.2, 0.25) is 10.0 Å². The maximum atomic E-state index is 13.3. The lowest BCUT2D eigenvalue weighted by atomic mass is 10.0. The number of azo groups is 1. The Morgan fingerprint density at radius 2 is 1.79 bits per heavy atom. The molecule has 0 spiro atoms. The van der Waals surface area contributed by atoms with Gasteiger partial charge < -0.3 is 15.2 Å². The molecule has 12 heteroatoms. The zero-order valence-corrected chi connectivity index (χ0v) is 22.4. The summed E-state index contributed by atoms with van der Waals surface area (Å²) in [5, 5.41) is 23.1. The number of phenolic OH excluding ortho intramolecular Hbond substituents is 1. The molecule has 0 aromatic heterocycles. The highest BCUT2D eigenvalue weighted by Crippen LogP contribution is 2.41. The molecule has 196 valence electrons. The van der Waals surface area contributed by atoms with Gasteiger partial charge in [0.15, 0.2) is 5.75 Å². The van der Waals surface area contributed by atoms with Crippen LogP contribution < -0.4 is 10.1 Å². The average Bonchev–Trinajstić information content (AvgIpc) is 2.83. The quantitative estimate of drug-likeness (QED) is 0.155. The van der Waals surface area contributed by atoms with Crippen molar-refractivity contribution in [3.8, 4) is 11.5 Å². The zero-order chi connectivity index (χ0) is 27.6. The summed E-state index contributed by atoms with van der Waals surface area (Å²) in [6.45, 7) is 3.78. The predicted molar refractivity (Wildman–Crippen MR) is 146 cm³/mol. The van der Waals surface area contributed by atoms with Crippen LogP contribution in [0, 0.1) is 6.92 Å². The summed E-state index contributed by atoms with van der Waals surface area (Å²) in [7, 11) is -4.74. The molecule has 0 aliphatic heterocycles. The van der Waals surface area contributed by atoms with Gasteiger partial charge in [-0.25, -0.2) is 0 Å². The van der Waals surface area contributed by atoms with Gasteiger partial charge in [0.25, 0.3) is 16.0 Å². The van der Waals surface area contributed by atoms with Crippen LogP contribution in [0.25, 0.3) is 10.8 Å². The van der Waals surface area contributed by atoms with Crippen LogP contribution in [0.1, 0.15) is 22.8 Å². The number of fused-ring (bicyclic) bond motifs is 1. The molecule has 0 atom stereocenters. The van der Waals surface area contributed by atoms with E-state index in [1.807, 2.05) is 0 Å². The lowest BCUT2D eigenvalue weighted by molar-refractivity contribution is 0.102. The SMILES string of the molecule is CCOc1cc(Cl)ccc1NC(=O)c1cc2ccccc2c(N=Nc2cc(C)cc(Cl)c2S(=O)(=O)O)c1O. The zero-order valence-electron chi connectivity index (χ0n) is 20.1. The second-order valence-corrected chi connectivity index (χ2v) is 10.3. The number of benzene rings is 4. The Morgan fingerprint density at radius 1 is 1.05 bits per heavy atom. The van der Waals surface area contributed by atoms with E-state index in [4.69, 9.17) is 27.9 Å². The third-order valence-corrected chi connectivity index (χ3v) is 7.01. The number of nitrogens with zero attached hydrogens (tertiary/aromatic N) is 2. The molecule has 0 unspecified atom stereocenters. The van der Waals surface area contributed by atoms with Gasteiger partial charge in [0.05, 0.1) is 22.9 Å². The lowest BCUT2D eigenvalue weighted by Crippen LogP contribution is -2.13. The van der Waals surface area contributed by atoms with Gasteiger partial charge in [-0.15, -0.1) is 10.2 Å². The van der Waals surface area contributed by atoms with E-state index in [0.717, 1.165) is 0 Å². The van der Waals surface area contributed by atoms with E-state index >= 15 is 0 Å². The average molecular weight is 574 g/mol. The van der Waals surface area contributed by atoms with Gasteiger partial charge in [-0.2, -0.15) is 8.42 Å². The predicted octanol–water partition coefficient (Wildman–Crippen LogP) is 7.47. The minimum atomic E-state index is -4.74. The number of aromatic hydroxyl groups is 1. The van der Waals surface area contributed by atoms with Crippen molar-refractivity contribution in [1.29, 1.82) is 0 Å². The van der Waals surface area contributed by atoms with Crippen LogP contribution in [-0.4, -0.2) is 30.6 Å². The fraction of sp³-hybridized carbons (Fsp3) is 0.115. The number of ether oxygens (including phenoxy) is 1. The molecule has 1 amide bonds. The van der Waals surface area contributed by atoms with Crippen LogP contribution in [-0.2, 0) is 10.1 Å². The summed E-state index contributed by atoms with van der Waals surface area (Å²) in [6, 6.07) is 15.7. The first-order chi connectivity index (χ1) is 18.0. The van der Waals surface area contributed by atoms with E-state index in [1.165, 1.54) is 18.2 Å². The smallest absolute Gasteiger partial charge is 0.298 e. The van der Waals surface area contributed by atoms with Gasteiger partial charge in [0.2, 0.25) is 0 Å². The van der Waals surface area contributed by atoms with Crippen LogP contribution >= 0.6 is 23.2 Å². The minimum absolute atomic E-state index is 0.0895. The first kappa shape index (κ1) is 27.3. The first-order valence-corrected chi connectivity index (χ1v) is 13.4. The summed E-state index contributed by atoms with van der Waals surface area (Å²) in [5.74, 6) is -0.808. The van der Waals surface area contributed by atoms with Gasteiger partial charge in [0.1, 0.15) is 22.0 Å². The number of hydrogen-bond acceptors (Lipinski definition) is 7. The van der Waals surface area contributed by atoms with Gasteiger partial charge in [-0.1, -0.05) is 47.5 Å². The Kier molecular flexibility index (Phi) is 7.89. The molecule has 0 radical (unpaired) electrons. The van der Waals surface area contributed by atoms with Crippen molar-refractivity contribution >= 4 is 67.1 Å². The molecule has 0 heterocycles. The van der Waals surface area contributed by atoms with E-state index in [-0.39, 0.29) is 22.0 Å². The fourth-order valence-corrected chi connectivity index (χ4v) is 5.19. The Balaban J connectivity index is 1.84. The molecule has 9 nitrogen and oxygen atoms in total. The first-order valence-electron chi connectivity index (χ1n) is 11.2. The second kappa shape index (κ2) is 11.0. The molecule has 4 aromatic carbocycles. The summed E-state index contributed by atoms with van der Waals surface area (Å²) in [6.07, 6.45) is 0. The van der Waals surface area contributed by atoms with Crippen molar-refractivity contribution < 1.29 is 27.6 Å². The monoisotopic (exact) mass is 573 g/mol. The molecule has 0 aliphatic rings. The highest BCUT2D eigenvalue weighted by molar-refractivity contribution is 7.86. The highest BCUT2D eigenvalue weighted by atomic mass is 35.5. The largest absolute Gasteiger partial charge is 0.505 e. The number of nitrogens with one attached hydrogen (secondary N) is 1. The van der Waals surface area contributed by atoms with Crippen molar-refractivity contribution in [3.05, 3.63) is 81.8 Å². The Morgan fingerprint density at radius 3 is 2.50 bits per heavy atom. The van der Waals surface area contributed by atoms with E-state index in [2.05, 4.69) is 15.5 Å². The molecular formula is C26H21Cl2N3O6S. The van der Waals surface area contributed by atoms with E-state index in [0.29, 0.717) is 39.4 Å². The van der Waals surface area contributed by atoms with E-state index in [9.17, 15) is 22.9 Å². The Labute approximate surface area is 228 Å². The van der Waals surface area contributed by atoms with E-state index in [1.54, 1.807) is 56.3 Å². The molecule has 0 fully saturated rings. The number of anilines is 1. The normalized spacial score (nSPS) is 11.7. The van der Waals surface area contributed by atoms with E-state index < -0.39 is 26.7 Å². The lowest BCUT2D eigenvalue weighted by Gasteiger charge is -2.14. The summed E-state index contributed by atoms with van der Waals surface area (Å²) in [5.41, 5.74) is 0.454. The maximum Gasteiger partial charge on any atom is 0.298 e. The summed E-state index contributed by atoms with van der Waals surface area (Å²) < 4.78 is 39.1. The van der Waals surface area contributed by atoms with Crippen LogP contribution in [0.15, 0.2) is 75.8 Å². The number of carbonyl (C=O) groups is 1. The molecule has 4 rings (SSSR count). The molecular weight excluding hydrogens is 553 g/mol. The third-order valence-electron chi connectivity index (χ3n) is 5.42. The van der Waals surface area contributed by atoms with Crippen molar-refractivity contribution in [1.82, 2.24) is 0 Å². The standard InChI is InChI=1S/C26H21Cl2N3O6S/c1-3-37-22-13-16(27)8-9-20(22)29-26(33)18-12-15-6-4-5-7-17(15)23(24(18)32)31-30-21-11-14(2)10-19(28)25(21)38(34,35)36/h4-13,32H,3H2,1-2H3,(H,29,33)(H,34,35,36). The van der Waals surface area contributed by atoms with Crippen LogP contribution in [0.4, 0.5) is 17.1 Å². The van der Waals surface area contributed by atoms with Gasteiger partial charge in [-0.3, -0.25) is 9.35 Å². The topological polar surface area (TPSA) is 138 Å². The van der Waals surface area contributed by atoms with Crippen molar-refractivity contribution in [2.45, 2.75) is 18.7 Å². The fourth-order valence-electron chi connectivity index (χ4n) is 3.80. The van der Waals surface area contributed by atoms with Crippen molar-refractivity contribution in [3.63, 3.8) is 0 Å². The summed E-state index contributed by atoms with van der Waals surface area (Å²) in [4.78, 5) is 12.6. The number of rotatable bonds is 7.